The van der Waals surface area contributed by atoms with Gasteiger partial charge >= 0.3 is 0 Å². The molecule has 1 aromatic carbocycles. The lowest BCUT2D eigenvalue weighted by atomic mass is 10.1. The molecular formula is C13H11ClN2O2S. The van der Waals surface area contributed by atoms with Gasteiger partial charge in [0.25, 0.3) is 11.8 Å². The number of primary amides is 1. The van der Waals surface area contributed by atoms with Crippen LogP contribution in [0.5, 0.6) is 0 Å². The lowest BCUT2D eigenvalue weighted by Gasteiger charge is -2.05. The van der Waals surface area contributed by atoms with E-state index in [4.69, 9.17) is 17.3 Å². The molecule has 0 bridgehead atoms. The summed E-state index contributed by atoms with van der Waals surface area (Å²) in [5, 5.41) is 4.83. The van der Waals surface area contributed by atoms with Crippen molar-refractivity contribution in [1.82, 2.24) is 0 Å². The number of anilines is 1. The summed E-state index contributed by atoms with van der Waals surface area (Å²) in [6.45, 7) is 0. The van der Waals surface area contributed by atoms with Gasteiger partial charge in [-0.05, 0) is 29.1 Å². The molecule has 0 saturated heterocycles. The Balaban J connectivity index is 2.16. The number of hydrogen-bond acceptors (Lipinski definition) is 3. The first-order chi connectivity index (χ1) is 9.11. The number of alkyl halides is 1. The zero-order valence-corrected chi connectivity index (χ0v) is 11.4. The molecule has 0 saturated carbocycles. The molecule has 0 aliphatic heterocycles. The number of benzene rings is 1. The monoisotopic (exact) mass is 294 g/mol. The second-order valence-electron chi connectivity index (χ2n) is 3.81. The van der Waals surface area contributed by atoms with E-state index >= 15 is 0 Å². The number of nitrogens with two attached hydrogens (primary N) is 1. The second kappa shape index (κ2) is 5.86. The number of thiophene rings is 1. The molecule has 0 atom stereocenters. The molecule has 0 aliphatic rings. The Morgan fingerprint density at radius 1 is 1.21 bits per heavy atom. The zero-order valence-electron chi connectivity index (χ0n) is 9.85. The van der Waals surface area contributed by atoms with Gasteiger partial charge in [-0.3, -0.25) is 9.59 Å². The average molecular weight is 295 g/mol. The predicted octanol–water partition coefficient (Wildman–Crippen LogP) is 2.84. The molecule has 6 heteroatoms. The van der Waals surface area contributed by atoms with Crippen LogP contribution in [-0.2, 0) is 5.88 Å². The van der Waals surface area contributed by atoms with Crippen molar-refractivity contribution in [3.8, 4) is 0 Å². The van der Waals surface area contributed by atoms with Crippen molar-refractivity contribution in [3.05, 3.63) is 52.4 Å². The fourth-order valence-electron chi connectivity index (χ4n) is 1.52. The van der Waals surface area contributed by atoms with Crippen LogP contribution in [0.2, 0.25) is 0 Å². The molecule has 0 fully saturated rings. The molecule has 98 valence electrons. The SMILES string of the molecule is NC(=O)c1ccsc1NC(=O)c1ccc(CCl)cc1. The molecule has 1 heterocycles. The maximum Gasteiger partial charge on any atom is 0.256 e. The fraction of sp³-hybridized carbons (Fsp3) is 0.0769. The van der Waals surface area contributed by atoms with Crippen molar-refractivity contribution >= 4 is 39.8 Å². The average Bonchev–Trinajstić information content (AvgIpc) is 2.87. The summed E-state index contributed by atoms with van der Waals surface area (Å²) < 4.78 is 0. The van der Waals surface area contributed by atoms with Crippen LogP contribution >= 0.6 is 22.9 Å². The van der Waals surface area contributed by atoms with Crippen LogP contribution in [0.4, 0.5) is 5.00 Å². The lowest BCUT2D eigenvalue weighted by Crippen LogP contribution is -2.16. The maximum absolute atomic E-state index is 12.0. The molecule has 2 amide bonds. The molecule has 19 heavy (non-hydrogen) atoms. The summed E-state index contributed by atoms with van der Waals surface area (Å²) in [5.74, 6) is -0.446. The third kappa shape index (κ3) is 3.13. The molecule has 3 N–H and O–H groups in total. The third-order valence-corrected chi connectivity index (χ3v) is 3.67. The molecule has 0 spiro atoms. The summed E-state index contributed by atoms with van der Waals surface area (Å²) in [6, 6.07) is 8.52. The van der Waals surface area contributed by atoms with E-state index in [1.165, 1.54) is 11.3 Å². The van der Waals surface area contributed by atoms with E-state index in [-0.39, 0.29) is 5.91 Å². The van der Waals surface area contributed by atoms with Gasteiger partial charge in [-0.1, -0.05) is 12.1 Å². The fourth-order valence-corrected chi connectivity index (χ4v) is 2.49. The van der Waals surface area contributed by atoms with E-state index in [1.54, 1.807) is 35.7 Å². The number of hydrogen-bond donors (Lipinski definition) is 2. The molecule has 1 aromatic heterocycles. The lowest BCUT2D eigenvalue weighted by molar-refractivity contribution is 0.100. The van der Waals surface area contributed by atoms with Gasteiger partial charge in [0, 0.05) is 11.4 Å². The van der Waals surface area contributed by atoms with Gasteiger partial charge in [-0.2, -0.15) is 0 Å². The first-order valence-electron chi connectivity index (χ1n) is 5.45. The standard InChI is InChI=1S/C13H11ClN2O2S/c14-7-8-1-3-9(4-2-8)12(18)16-13-10(11(15)17)5-6-19-13/h1-6H,7H2,(H2,15,17)(H,16,18). The van der Waals surface area contributed by atoms with Crippen LogP contribution < -0.4 is 11.1 Å². The highest BCUT2D eigenvalue weighted by Gasteiger charge is 2.13. The highest BCUT2D eigenvalue weighted by Crippen LogP contribution is 2.23. The number of carbonyl (C=O) groups is 2. The Labute approximate surface area is 119 Å². The van der Waals surface area contributed by atoms with Gasteiger partial charge in [0.1, 0.15) is 5.00 Å². The molecule has 0 radical (unpaired) electrons. The molecule has 0 unspecified atom stereocenters. The Bertz CT molecular complexity index is 607. The number of rotatable bonds is 4. The van der Waals surface area contributed by atoms with E-state index < -0.39 is 5.91 Å². The quantitative estimate of drug-likeness (QED) is 0.851. The number of carbonyl (C=O) groups excluding carboxylic acids is 2. The first-order valence-corrected chi connectivity index (χ1v) is 6.87. The molecule has 2 aromatic rings. The van der Waals surface area contributed by atoms with E-state index in [0.29, 0.717) is 22.0 Å². The Morgan fingerprint density at radius 3 is 2.47 bits per heavy atom. The largest absolute Gasteiger partial charge is 0.366 e. The normalized spacial score (nSPS) is 10.2. The van der Waals surface area contributed by atoms with E-state index in [9.17, 15) is 9.59 Å². The van der Waals surface area contributed by atoms with Crippen LogP contribution in [0.15, 0.2) is 35.7 Å². The van der Waals surface area contributed by atoms with Gasteiger partial charge in [0.05, 0.1) is 5.56 Å². The molecule has 2 rings (SSSR count). The van der Waals surface area contributed by atoms with Crippen molar-refractivity contribution in [2.24, 2.45) is 5.73 Å². The summed E-state index contributed by atoms with van der Waals surface area (Å²) in [5.41, 5.74) is 6.96. The van der Waals surface area contributed by atoms with Crippen LogP contribution in [0.1, 0.15) is 26.3 Å². The van der Waals surface area contributed by atoms with Crippen molar-refractivity contribution in [1.29, 1.82) is 0 Å². The smallest absolute Gasteiger partial charge is 0.256 e. The summed E-state index contributed by atoms with van der Waals surface area (Å²) >= 11 is 6.93. The summed E-state index contributed by atoms with van der Waals surface area (Å²) in [7, 11) is 0. The van der Waals surface area contributed by atoms with Crippen molar-refractivity contribution < 1.29 is 9.59 Å². The van der Waals surface area contributed by atoms with E-state index in [0.717, 1.165) is 5.56 Å². The Kier molecular flexibility index (Phi) is 4.19. The van der Waals surface area contributed by atoms with Gasteiger partial charge in [0.15, 0.2) is 0 Å². The van der Waals surface area contributed by atoms with E-state index in [2.05, 4.69) is 5.32 Å². The molecule has 0 aliphatic carbocycles. The number of amides is 2. The van der Waals surface area contributed by atoms with Crippen molar-refractivity contribution in [2.75, 3.05) is 5.32 Å². The second-order valence-corrected chi connectivity index (χ2v) is 5.00. The minimum atomic E-state index is -0.561. The van der Waals surface area contributed by atoms with Crippen LogP contribution in [0.25, 0.3) is 0 Å². The Morgan fingerprint density at radius 2 is 1.89 bits per heavy atom. The van der Waals surface area contributed by atoms with Gasteiger partial charge in [0.2, 0.25) is 0 Å². The van der Waals surface area contributed by atoms with Gasteiger partial charge in [-0.25, -0.2) is 0 Å². The minimum Gasteiger partial charge on any atom is -0.366 e. The predicted molar refractivity (Wildman–Crippen MR) is 76.8 cm³/mol. The van der Waals surface area contributed by atoms with Crippen LogP contribution in [-0.4, -0.2) is 11.8 Å². The topological polar surface area (TPSA) is 72.2 Å². The highest BCUT2D eigenvalue weighted by molar-refractivity contribution is 7.14. The number of nitrogens with one attached hydrogen (secondary N) is 1. The molecular weight excluding hydrogens is 284 g/mol. The third-order valence-electron chi connectivity index (χ3n) is 2.53. The summed E-state index contributed by atoms with van der Waals surface area (Å²) in [6.07, 6.45) is 0. The maximum atomic E-state index is 12.0. The van der Waals surface area contributed by atoms with Gasteiger partial charge < -0.3 is 11.1 Å². The first kappa shape index (κ1) is 13.6. The minimum absolute atomic E-state index is 0.286. The van der Waals surface area contributed by atoms with Crippen LogP contribution in [0, 0.1) is 0 Å². The van der Waals surface area contributed by atoms with Crippen LogP contribution in [0.3, 0.4) is 0 Å². The van der Waals surface area contributed by atoms with Crippen molar-refractivity contribution in [2.45, 2.75) is 5.88 Å². The van der Waals surface area contributed by atoms with E-state index in [1.807, 2.05) is 0 Å². The van der Waals surface area contributed by atoms with Gasteiger partial charge in [-0.15, -0.1) is 22.9 Å². The summed E-state index contributed by atoms with van der Waals surface area (Å²) in [4.78, 5) is 23.1. The highest BCUT2D eigenvalue weighted by atomic mass is 35.5. The molecule has 4 nitrogen and oxygen atoms in total. The zero-order chi connectivity index (χ0) is 13.8. The Hall–Kier alpha value is -1.85. The van der Waals surface area contributed by atoms with Crippen molar-refractivity contribution in [3.63, 3.8) is 0 Å². The number of halogens is 1.